The number of hydrogen-bond donors (Lipinski definition) is 1. The summed E-state index contributed by atoms with van der Waals surface area (Å²) in [6.07, 6.45) is 1.30. The number of benzene rings is 3. The molecule has 0 atom stereocenters. The van der Waals surface area contributed by atoms with Gasteiger partial charge in [-0.05, 0) is 48.7 Å². The minimum atomic E-state index is -0.696. The number of fused-ring (bicyclic) bond motifs is 5. The molecular formula is C28H18ClNO4S. The smallest absolute Gasteiger partial charge is 0.354 e. The zero-order valence-corrected chi connectivity index (χ0v) is 19.9. The third-order valence-electron chi connectivity index (χ3n) is 6.21. The van der Waals surface area contributed by atoms with Gasteiger partial charge in [0.05, 0.1) is 5.69 Å². The highest BCUT2D eigenvalue weighted by Gasteiger charge is 2.29. The molecular weight excluding hydrogens is 482 g/mol. The lowest BCUT2D eigenvalue weighted by molar-refractivity contribution is 0.445. The van der Waals surface area contributed by atoms with E-state index in [1.807, 2.05) is 54.6 Å². The van der Waals surface area contributed by atoms with E-state index in [2.05, 4.69) is 0 Å². The van der Waals surface area contributed by atoms with Crippen LogP contribution >= 0.6 is 23.4 Å². The van der Waals surface area contributed by atoms with Crippen molar-refractivity contribution in [2.24, 2.45) is 0 Å². The molecule has 0 fully saturated rings. The van der Waals surface area contributed by atoms with Gasteiger partial charge < -0.3 is 9.52 Å². The van der Waals surface area contributed by atoms with Crippen molar-refractivity contribution in [2.75, 3.05) is 0 Å². The molecule has 6 rings (SSSR count). The number of rotatable bonds is 3. The van der Waals surface area contributed by atoms with Gasteiger partial charge in [-0.3, -0.25) is 9.36 Å². The third-order valence-corrected chi connectivity index (χ3v) is 7.50. The summed E-state index contributed by atoms with van der Waals surface area (Å²) in [6, 6.07) is 24.1. The second-order valence-corrected chi connectivity index (χ2v) is 9.81. The Hall–Kier alpha value is -3.74. The Kier molecular flexibility index (Phi) is 5.28. The van der Waals surface area contributed by atoms with Gasteiger partial charge in [-0.15, -0.1) is 0 Å². The Morgan fingerprint density at radius 2 is 1.69 bits per heavy atom. The first-order valence-corrected chi connectivity index (χ1v) is 12.3. The summed E-state index contributed by atoms with van der Waals surface area (Å²) >= 11 is 7.11. The highest BCUT2D eigenvalue weighted by Crippen LogP contribution is 2.41. The van der Waals surface area contributed by atoms with Gasteiger partial charge in [-0.2, -0.15) is 0 Å². The molecule has 2 aromatic heterocycles. The normalized spacial score (nSPS) is 12.4. The average molecular weight is 500 g/mol. The molecule has 0 aliphatic heterocycles. The number of aryl methyl sites for hydroxylation is 2. The standard InChI is InChI=1S/C28H18ClNO4S/c29-17-8-6-11-19(15-17)35-26-24(31)22-25(34-28(26)33)21-14-13-16-7-4-5-12-20(16)23(21)30(27(22)32)18-9-2-1-3-10-18/h1-12,15,31H,13-14H2. The maximum absolute atomic E-state index is 14.0. The van der Waals surface area contributed by atoms with Crippen molar-refractivity contribution < 1.29 is 9.52 Å². The number of hydrogen-bond acceptors (Lipinski definition) is 5. The summed E-state index contributed by atoms with van der Waals surface area (Å²) in [5.74, 6) is -0.377. The Balaban J connectivity index is 1.71. The second-order valence-electron chi connectivity index (χ2n) is 8.29. The Morgan fingerprint density at radius 1 is 0.914 bits per heavy atom. The third kappa shape index (κ3) is 3.57. The fraction of sp³-hybridized carbons (Fsp3) is 0.0714. The number of nitrogens with zero attached hydrogens (tertiary/aromatic N) is 1. The van der Waals surface area contributed by atoms with E-state index in [4.69, 9.17) is 16.0 Å². The van der Waals surface area contributed by atoms with E-state index in [0.717, 1.165) is 34.9 Å². The van der Waals surface area contributed by atoms with E-state index in [-0.39, 0.29) is 21.6 Å². The number of aromatic hydroxyl groups is 1. The van der Waals surface area contributed by atoms with Gasteiger partial charge in [0, 0.05) is 26.7 Å². The zero-order valence-electron chi connectivity index (χ0n) is 18.3. The van der Waals surface area contributed by atoms with Crippen molar-refractivity contribution >= 4 is 34.3 Å². The molecule has 0 spiro atoms. The molecule has 35 heavy (non-hydrogen) atoms. The number of halogens is 1. The summed E-state index contributed by atoms with van der Waals surface area (Å²) in [7, 11) is 0. The zero-order chi connectivity index (χ0) is 24.1. The van der Waals surface area contributed by atoms with Crippen molar-refractivity contribution in [3.05, 3.63) is 116 Å². The first-order valence-electron chi connectivity index (χ1n) is 11.1. The molecule has 7 heteroatoms. The number of pyridine rings is 1. The lowest BCUT2D eigenvalue weighted by Gasteiger charge is -2.25. The molecule has 1 aliphatic rings. The largest absolute Gasteiger partial charge is 0.505 e. The fourth-order valence-electron chi connectivity index (χ4n) is 4.68. The minimum Gasteiger partial charge on any atom is -0.505 e. The summed E-state index contributed by atoms with van der Waals surface area (Å²) in [5, 5.41) is 11.8. The average Bonchev–Trinajstić information content (AvgIpc) is 2.87. The van der Waals surface area contributed by atoms with Crippen LogP contribution in [0.5, 0.6) is 5.75 Å². The number of aromatic nitrogens is 1. The topological polar surface area (TPSA) is 72.4 Å². The van der Waals surface area contributed by atoms with Crippen molar-refractivity contribution in [1.82, 2.24) is 4.57 Å². The summed E-state index contributed by atoms with van der Waals surface area (Å²) in [4.78, 5) is 27.7. The van der Waals surface area contributed by atoms with Gasteiger partial charge in [-0.1, -0.05) is 71.9 Å². The highest BCUT2D eigenvalue weighted by molar-refractivity contribution is 7.99. The van der Waals surface area contributed by atoms with Gasteiger partial charge in [-0.25, -0.2) is 4.79 Å². The SMILES string of the molecule is O=c1oc2c3c(n(-c4ccccc4)c(=O)c2c(O)c1Sc1cccc(Cl)c1)-c1ccccc1CC3. The molecule has 1 N–H and O–H groups in total. The lowest BCUT2D eigenvalue weighted by Crippen LogP contribution is -2.25. The van der Waals surface area contributed by atoms with Crippen molar-refractivity contribution in [1.29, 1.82) is 0 Å². The highest BCUT2D eigenvalue weighted by atomic mass is 35.5. The van der Waals surface area contributed by atoms with E-state index < -0.39 is 11.2 Å². The van der Waals surface area contributed by atoms with Gasteiger partial charge >= 0.3 is 5.63 Å². The van der Waals surface area contributed by atoms with Gasteiger partial charge in [0.1, 0.15) is 10.3 Å². The molecule has 3 aromatic carbocycles. The van der Waals surface area contributed by atoms with Crippen LogP contribution in [0.3, 0.4) is 0 Å². The first-order chi connectivity index (χ1) is 17.0. The molecule has 5 aromatic rings. The fourth-order valence-corrected chi connectivity index (χ4v) is 5.83. The minimum absolute atomic E-state index is 0.00360. The molecule has 0 radical (unpaired) electrons. The molecule has 1 aliphatic carbocycles. The predicted octanol–water partition coefficient (Wildman–Crippen LogP) is 6.22. The Bertz CT molecular complexity index is 1740. The Labute approximate surface area is 209 Å². The molecule has 2 heterocycles. The van der Waals surface area contributed by atoms with Crippen LogP contribution in [0.4, 0.5) is 0 Å². The van der Waals surface area contributed by atoms with Crippen LogP contribution in [0.15, 0.2) is 103 Å². The molecule has 0 saturated heterocycles. The monoisotopic (exact) mass is 499 g/mol. The maximum atomic E-state index is 14.0. The van der Waals surface area contributed by atoms with Crippen molar-refractivity contribution in [3.63, 3.8) is 0 Å². The van der Waals surface area contributed by atoms with E-state index in [9.17, 15) is 14.7 Å². The van der Waals surface area contributed by atoms with Crippen LogP contribution in [0, 0.1) is 0 Å². The van der Waals surface area contributed by atoms with Gasteiger partial charge in [0.25, 0.3) is 5.56 Å². The summed E-state index contributed by atoms with van der Waals surface area (Å²) in [6.45, 7) is 0. The van der Waals surface area contributed by atoms with Gasteiger partial charge in [0.2, 0.25) is 0 Å². The van der Waals surface area contributed by atoms with Crippen LogP contribution in [0.2, 0.25) is 5.02 Å². The predicted molar refractivity (Wildman–Crippen MR) is 138 cm³/mol. The van der Waals surface area contributed by atoms with Crippen LogP contribution in [0.25, 0.3) is 27.9 Å². The van der Waals surface area contributed by atoms with Gasteiger partial charge in [0.15, 0.2) is 11.3 Å². The van der Waals surface area contributed by atoms with Crippen molar-refractivity contribution in [3.8, 4) is 22.7 Å². The maximum Gasteiger partial charge on any atom is 0.354 e. The van der Waals surface area contributed by atoms with E-state index >= 15 is 0 Å². The first kappa shape index (κ1) is 21.8. The lowest BCUT2D eigenvalue weighted by atomic mass is 9.87. The van der Waals surface area contributed by atoms with Crippen molar-refractivity contribution in [2.45, 2.75) is 22.6 Å². The Morgan fingerprint density at radius 3 is 2.49 bits per heavy atom. The van der Waals surface area contributed by atoms with E-state index in [1.165, 1.54) is 0 Å². The second kappa shape index (κ2) is 8.48. The van der Waals surface area contributed by atoms with Crippen LogP contribution in [-0.2, 0) is 12.8 Å². The summed E-state index contributed by atoms with van der Waals surface area (Å²) in [5.41, 5.74) is 3.11. The molecule has 0 saturated carbocycles. The van der Waals surface area contributed by atoms with E-state index in [0.29, 0.717) is 27.7 Å². The number of para-hydroxylation sites is 1. The van der Waals surface area contributed by atoms with Crippen LogP contribution in [0.1, 0.15) is 11.1 Å². The molecule has 0 unspecified atom stereocenters. The quantitative estimate of drug-likeness (QED) is 0.319. The molecule has 172 valence electrons. The van der Waals surface area contributed by atoms with Crippen LogP contribution in [-0.4, -0.2) is 9.67 Å². The molecule has 5 nitrogen and oxygen atoms in total. The van der Waals surface area contributed by atoms with Crippen LogP contribution < -0.4 is 11.2 Å². The summed E-state index contributed by atoms with van der Waals surface area (Å²) < 4.78 is 7.39. The molecule has 0 amide bonds. The van der Waals surface area contributed by atoms with E-state index in [1.54, 1.807) is 28.8 Å². The molecule has 0 bridgehead atoms.